The average molecular weight is 305 g/mol. The number of nitrogens with two attached hydrogens (primary N) is 1. The molecule has 0 bridgehead atoms. The molecular weight excluding hydrogens is 288 g/mol. The lowest BCUT2D eigenvalue weighted by Crippen LogP contribution is -2.35. The molecule has 0 spiro atoms. The molecule has 1 fully saturated rings. The van der Waals surface area contributed by atoms with Crippen molar-refractivity contribution in [1.82, 2.24) is 4.31 Å². The van der Waals surface area contributed by atoms with E-state index in [1.165, 1.54) is 11.9 Å². The first-order valence-electron chi connectivity index (χ1n) is 5.98. The molecule has 2 rings (SSSR count). The van der Waals surface area contributed by atoms with Gasteiger partial charge in [-0.05, 0) is 18.0 Å². The number of alkyl halides is 2. The lowest BCUT2D eigenvalue weighted by Gasteiger charge is -2.30. The maximum atomic E-state index is 13.1. The van der Waals surface area contributed by atoms with Crippen LogP contribution >= 0.6 is 23.3 Å². The number of piperidine rings is 1. The molecule has 1 saturated heterocycles. The van der Waals surface area contributed by atoms with Crippen molar-refractivity contribution in [2.45, 2.75) is 23.0 Å². The second kappa shape index (κ2) is 5.68. The van der Waals surface area contributed by atoms with Crippen LogP contribution in [0.2, 0.25) is 0 Å². The minimum Gasteiger partial charge on any atom is -0.399 e. The highest BCUT2D eigenvalue weighted by molar-refractivity contribution is 7.99. The molecule has 0 atom stereocenters. The van der Waals surface area contributed by atoms with Crippen LogP contribution in [-0.2, 0) is 0 Å². The van der Waals surface area contributed by atoms with E-state index in [4.69, 9.17) is 5.73 Å². The third-order valence-corrected chi connectivity index (χ3v) is 5.30. The molecule has 0 amide bonds. The Labute approximate surface area is 120 Å². The number of nitrogens with one attached hydrogen (secondary N) is 1. The Balaban J connectivity index is 2.02. The topological polar surface area (TPSA) is 41.3 Å². The molecule has 0 aliphatic carbocycles. The summed E-state index contributed by atoms with van der Waals surface area (Å²) in [5.74, 6) is -2.50. The summed E-state index contributed by atoms with van der Waals surface area (Å²) < 4.78 is 29.2. The van der Waals surface area contributed by atoms with Crippen molar-refractivity contribution in [3.63, 3.8) is 0 Å². The monoisotopic (exact) mass is 305 g/mol. The fourth-order valence-corrected chi connectivity index (χ4v) is 4.16. The zero-order valence-electron chi connectivity index (χ0n) is 10.7. The van der Waals surface area contributed by atoms with Gasteiger partial charge in [-0.2, -0.15) is 0 Å². The quantitative estimate of drug-likeness (QED) is 0.836. The minimum atomic E-state index is -2.50. The molecule has 1 aliphatic rings. The molecule has 1 aliphatic heterocycles. The van der Waals surface area contributed by atoms with E-state index in [2.05, 4.69) is 11.9 Å². The summed E-state index contributed by atoms with van der Waals surface area (Å²) in [6, 6.07) is 1.95. The summed E-state index contributed by atoms with van der Waals surface area (Å²) in [7, 11) is 1.83. The average Bonchev–Trinajstić information content (AvgIpc) is 2.75. The van der Waals surface area contributed by atoms with E-state index in [0.717, 1.165) is 14.8 Å². The van der Waals surface area contributed by atoms with E-state index in [-0.39, 0.29) is 12.8 Å². The third-order valence-electron chi connectivity index (χ3n) is 2.96. The van der Waals surface area contributed by atoms with E-state index in [9.17, 15) is 8.78 Å². The van der Waals surface area contributed by atoms with Gasteiger partial charge in [-0.15, -0.1) is 11.3 Å². The second-order valence-electron chi connectivity index (χ2n) is 4.46. The van der Waals surface area contributed by atoms with Crippen molar-refractivity contribution in [2.24, 2.45) is 5.73 Å². The highest BCUT2D eigenvalue weighted by Gasteiger charge is 2.34. The highest BCUT2D eigenvalue weighted by atomic mass is 32.2. The van der Waals surface area contributed by atoms with Crippen LogP contribution in [0.15, 0.2) is 16.9 Å². The molecule has 0 unspecified atom stereocenters. The van der Waals surface area contributed by atoms with Crippen LogP contribution in [-0.4, -0.2) is 30.4 Å². The van der Waals surface area contributed by atoms with Gasteiger partial charge < -0.3 is 11.1 Å². The molecule has 0 radical (unpaired) electrons. The third kappa shape index (κ3) is 3.61. The van der Waals surface area contributed by atoms with Crippen molar-refractivity contribution in [3.05, 3.63) is 18.2 Å². The lowest BCUT2D eigenvalue weighted by atomic mass is 10.1. The number of nitrogens with zero attached hydrogens (tertiary/aromatic N) is 1. The number of thiophene rings is 1. The van der Waals surface area contributed by atoms with Gasteiger partial charge in [0.25, 0.3) is 5.92 Å². The first-order chi connectivity index (χ1) is 8.91. The van der Waals surface area contributed by atoms with Gasteiger partial charge in [0.2, 0.25) is 0 Å². The molecule has 106 valence electrons. The van der Waals surface area contributed by atoms with Crippen molar-refractivity contribution in [3.8, 4) is 0 Å². The van der Waals surface area contributed by atoms with Gasteiger partial charge in [-0.3, -0.25) is 0 Å². The van der Waals surface area contributed by atoms with Gasteiger partial charge >= 0.3 is 0 Å². The predicted molar refractivity (Wildman–Crippen MR) is 78.7 cm³/mol. The van der Waals surface area contributed by atoms with Gasteiger partial charge in [0, 0.05) is 44.2 Å². The van der Waals surface area contributed by atoms with Crippen LogP contribution in [0.1, 0.15) is 18.4 Å². The van der Waals surface area contributed by atoms with Crippen molar-refractivity contribution in [1.29, 1.82) is 0 Å². The minimum absolute atomic E-state index is 0.0687. The highest BCUT2D eigenvalue weighted by Crippen LogP contribution is 2.40. The Bertz CT molecular complexity index is 464. The molecular formula is C12H17F2N3S2. The first kappa shape index (κ1) is 14.6. The van der Waals surface area contributed by atoms with Crippen LogP contribution in [0.5, 0.6) is 0 Å². The number of anilines is 1. The largest absolute Gasteiger partial charge is 0.399 e. The van der Waals surface area contributed by atoms with Crippen molar-refractivity contribution < 1.29 is 8.78 Å². The summed E-state index contributed by atoms with van der Waals surface area (Å²) in [4.78, 5) is 0. The molecule has 1 aromatic rings. The van der Waals surface area contributed by atoms with Crippen LogP contribution in [0.25, 0.3) is 5.70 Å². The summed E-state index contributed by atoms with van der Waals surface area (Å²) in [6.07, 6.45) is -0.137. The smallest absolute Gasteiger partial charge is 0.250 e. The van der Waals surface area contributed by atoms with Crippen LogP contribution in [0, 0.1) is 0 Å². The maximum absolute atomic E-state index is 13.1. The first-order valence-corrected chi connectivity index (χ1v) is 7.57. The van der Waals surface area contributed by atoms with Crippen LogP contribution in [0.4, 0.5) is 13.8 Å². The zero-order chi connectivity index (χ0) is 14.0. The summed E-state index contributed by atoms with van der Waals surface area (Å²) in [6.45, 7) is 4.55. The molecule has 3 nitrogen and oxygen atoms in total. The van der Waals surface area contributed by atoms with E-state index in [1.54, 1.807) is 11.3 Å². The van der Waals surface area contributed by atoms with Gasteiger partial charge in [-0.25, -0.2) is 13.1 Å². The van der Waals surface area contributed by atoms with Gasteiger partial charge in [0.05, 0.1) is 9.21 Å². The fraction of sp³-hybridized carbons (Fsp3) is 0.500. The van der Waals surface area contributed by atoms with Gasteiger partial charge in [0.1, 0.15) is 0 Å². The standard InChI is InChI=1S/C12H17F2N3S2/c1-8(15)9-7-10(18-11(9)16-2)19-17-5-3-12(13,14)4-6-17/h7,16H,1,3-6,15H2,2H3. The normalized spacial score (nSPS) is 19.3. The maximum Gasteiger partial charge on any atom is 0.250 e. The molecule has 3 N–H and O–H groups in total. The van der Waals surface area contributed by atoms with E-state index in [1.807, 2.05) is 17.4 Å². The molecule has 2 heterocycles. The Morgan fingerprint density at radius 3 is 2.63 bits per heavy atom. The van der Waals surface area contributed by atoms with Crippen molar-refractivity contribution >= 4 is 34.0 Å². The molecule has 0 saturated carbocycles. The summed E-state index contributed by atoms with van der Waals surface area (Å²) in [5.41, 5.74) is 7.12. The summed E-state index contributed by atoms with van der Waals surface area (Å²) in [5, 5.41) is 4.03. The zero-order valence-corrected chi connectivity index (χ0v) is 12.3. The van der Waals surface area contributed by atoms with Crippen LogP contribution in [0.3, 0.4) is 0 Å². The van der Waals surface area contributed by atoms with E-state index in [0.29, 0.717) is 18.8 Å². The lowest BCUT2D eigenvalue weighted by molar-refractivity contribution is -0.0398. The molecule has 1 aromatic heterocycles. The number of hydrogen-bond acceptors (Lipinski definition) is 5. The molecule has 19 heavy (non-hydrogen) atoms. The Morgan fingerprint density at radius 2 is 2.16 bits per heavy atom. The fourth-order valence-electron chi connectivity index (χ4n) is 1.87. The van der Waals surface area contributed by atoms with E-state index >= 15 is 0 Å². The van der Waals surface area contributed by atoms with Crippen molar-refractivity contribution in [2.75, 3.05) is 25.5 Å². The van der Waals surface area contributed by atoms with Gasteiger partial charge in [0.15, 0.2) is 0 Å². The summed E-state index contributed by atoms with van der Waals surface area (Å²) >= 11 is 3.08. The van der Waals surface area contributed by atoms with E-state index < -0.39 is 5.92 Å². The van der Waals surface area contributed by atoms with Gasteiger partial charge in [-0.1, -0.05) is 6.58 Å². The number of halogens is 2. The Morgan fingerprint density at radius 1 is 1.53 bits per heavy atom. The molecule has 7 heteroatoms. The Hall–Kier alpha value is -0.790. The SMILES string of the molecule is C=C(N)c1cc(SN2CCC(F)(F)CC2)sc1NC. The number of rotatable bonds is 4. The second-order valence-corrected chi connectivity index (χ2v) is 6.91. The number of hydrogen-bond donors (Lipinski definition) is 2. The predicted octanol–water partition coefficient (Wildman–Crippen LogP) is 3.46. The Kier molecular flexibility index (Phi) is 4.37. The van der Waals surface area contributed by atoms with Crippen LogP contribution < -0.4 is 11.1 Å². The molecule has 0 aromatic carbocycles.